The fraction of sp³-hybridized carbons (Fsp3) is 0.0714. The van der Waals surface area contributed by atoms with E-state index in [0.717, 1.165) is 16.8 Å². The monoisotopic (exact) mass is 208 g/mol. The van der Waals surface area contributed by atoms with Crippen LogP contribution in [0.15, 0.2) is 54.6 Å². The number of hydrogen-bond acceptors (Lipinski definition) is 2. The molecule has 0 atom stereocenters. The van der Waals surface area contributed by atoms with Crippen molar-refractivity contribution >= 4 is 5.69 Å². The summed E-state index contributed by atoms with van der Waals surface area (Å²) < 4.78 is 0. The van der Waals surface area contributed by atoms with Gasteiger partial charge >= 0.3 is 0 Å². The van der Waals surface area contributed by atoms with Crippen LogP contribution in [0.2, 0.25) is 0 Å². The van der Waals surface area contributed by atoms with Crippen molar-refractivity contribution in [2.24, 2.45) is 0 Å². The van der Waals surface area contributed by atoms with E-state index in [-0.39, 0.29) is 0 Å². The minimum Gasteiger partial charge on any atom is -0.372 e. The summed E-state index contributed by atoms with van der Waals surface area (Å²) in [5.74, 6) is 0. The third-order valence-corrected chi connectivity index (χ3v) is 2.37. The summed E-state index contributed by atoms with van der Waals surface area (Å²) in [4.78, 5) is 0. The summed E-state index contributed by atoms with van der Waals surface area (Å²) in [6, 6.07) is 20.2. The molecule has 2 nitrogen and oxygen atoms in total. The fourth-order valence-corrected chi connectivity index (χ4v) is 1.64. The highest BCUT2D eigenvalue weighted by Gasteiger charge is 2.02. The van der Waals surface area contributed by atoms with Crippen LogP contribution in [0.1, 0.15) is 0 Å². The molecule has 2 rings (SSSR count). The molecular formula is C14H12N2. The van der Waals surface area contributed by atoms with Crippen LogP contribution in [0.3, 0.4) is 0 Å². The lowest BCUT2D eigenvalue weighted by Gasteiger charge is -2.09. The van der Waals surface area contributed by atoms with Gasteiger partial charge in [0.2, 0.25) is 0 Å². The zero-order valence-electron chi connectivity index (χ0n) is 8.85. The quantitative estimate of drug-likeness (QED) is 0.785. The third kappa shape index (κ3) is 2.21. The van der Waals surface area contributed by atoms with E-state index in [4.69, 9.17) is 5.26 Å². The summed E-state index contributed by atoms with van der Waals surface area (Å²) >= 11 is 0. The van der Waals surface area contributed by atoms with Crippen molar-refractivity contribution in [2.45, 2.75) is 0 Å². The number of hydrogen-bond donors (Lipinski definition) is 1. The minimum atomic E-state index is 0.323. The molecule has 2 heteroatoms. The molecule has 0 saturated carbocycles. The summed E-state index contributed by atoms with van der Waals surface area (Å²) in [5.41, 5.74) is 3.28. The molecule has 16 heavy (non-hydrogen) atoms. The second-order valence-corrected chi connectivity index (χ2v) is 3.42. The number of benzene rings is 2. The van der Waals surface area contributed by atoms with Crippen LogP contribution in [0, 0.1) is 11.3 Å². The van der Waals surface area contributed by atoms with Crippen molar-refractivity contribution in [1.82, 2.24) is 0 Å². The third-order valence-electron chi connectivity index (χ3n) is 2.37. The maximum Gasteiger partial charge on any atom is 0.103 e. The minimum absolute atomic E-state index is 0.323. The van der Waals surface area contributed by atoms with E-state index in [1.54, 1.807) is 0 Å². The molecule has 0 aliphatic carbocycles. The van der Waals surface area contributed by atoms with Crippen molar-refractivity contribution in [3.8, 4) is 17.2 Å². The van der Waals surface area contributed by atoms with E-state index < -0.39 is 0 Å². The Balaban J connectivity index is 2.38. The maximum absolute atomic E-state index is 8.58. The van der Waals surface area contributed by atoms with Crippen LogP contribution >= 0.6 is 0 Å². The number of anilines is 1. The molecule has 0 saturated heterocycles. The lowest BCUT2D eigenvalue weighted by Crippen LogP contribution is -1.99. The van der Waals surface area contributed by atoms with Gasteiger partial charge < -0.3 is 5.32 Å². The van der Waals surface area contributed by atoms with Gasteiger partial charge in [-0.3, -0.25) is 0 Å². The molecule has 0 unspecified atom stereocenters. The first-order valence-electron chi connectivity index (χ1n) is 5.17. The summed E-state index contributed by atoms with van der Waals surface area (Å²) in [6.07, 6.45) is 0. The second kappa shape index (κ2) is 4.99. The predicted molar refractivity (Wildman–Crippen MR) is 66.0 cm³/mol. The smallest absolute Gasteiger partial charge is 0.103 e. The Labute approximate surface area is 95.2 Å². The molecule has 0 bridgehead atoms. The van der Waals surface area contributed by atoms with Gasteiger partial charge in [-0.05, 0) is 11.6 Å². The lowest BCUT2D eigenvalue weighted by molar-refractivity contribution is 1.32. The zero-order valence-corrected chi connectivity index (χ0v) is 8.85. The number of nitrogens with one attached hydrogen (secondary N) is 1. The van der Waals surface area contributed by atoms with Crippen molar-refractivity contribution < 1.29 is 0 Å². The van der Waals surface area contributed by atoms with E-state index in [0.29, 0.717) is 6.54 Å². The van der Waals surface area contributed by atoms with Gasteiger partial charge in [0, 0.05) is 11.3 Å². The van der Waals surface area contributed by atoms with Crippen molar-refractivity contribution in [1.29, 1.82) is 5.26 Å². The zero-order chi connectivity index (χ0) is 11.2. The fourth-order valence-electron chi connectivity index (χ4n) is 1.64. The topological polar surface area (TPSA) is 35.8 Å². The van der Waals surface area contributed by atoms with Gasteiger partial charge in [0.25, 0.3) is 0 Å². The highest BCUT2D eigenvalue weighted by molar-refractivity contribution is 5.77. The molecule has 0 aromatic heterocycles. The van der Waals surface area contributed by atoms with Crippen LogP contribution in [-0.4, -0.2) is 6.54 Å². The first kappa shape index (κ1) is 10.3. The Morgan fingerprint density at radius 2 is 1.62 bits per heavy atom. The van der Waals surface area contributed by atoms with Crippen LogP contribution in [0.25, 0.3) is 11.1 Å². The molecule has 2 aromatic carbocycles. The van der Waals surface area contributed by atoms with Crippen LogP contribution < -0.4 is 5.32 Å². The first-order chi connectivity index (χ1) is 7.92. The largest absolute Gasteiger partial charge is 0.372 e. The van der Waals surface area contributed by atoms with E-state index in [1.165, 1.54) is 0 Å². The number of para-hydroxylation sites is 1. The van der Waals surface area contributed by atoms with Gasteiger partial charge in [-0.1, -0.05) is 48.5 Å². The molecular weight excluding hydrogens is 196 g/mol. The van der Waals surface area contributed by atoms with Gasteiger partial charge in [-0.2, -0.15) is 5.26 Å². The van der Waals surface area contributed by atoms with E-state index in [2.05, 4.69) is 29.6 Å². The Morgan fingerprint density at radius 3 is 2.38 bits per heavy atom. The number of nitriles is 1. The molecule has 0 aliphatic rings. The van der Waals surface area contributed by atoms with Crippen molar-refractivity contribution in [3.63, 3.8) is 0 Å². The van der Waals surface area contributed by atoms with Gasteiger partial charge in [-0.15, -0.1) is 0 Å². The molecule has 1 N–H and O–H groups in total. The molecule has 0 fully saturated rings. The van der Waals surface area contributed by atoms with E-state index in [1.807, 2.05) is 36.4 Å². The van der Waals surface area contributed by atoms with E-state index in [9.17, 15) is 0 Å². The normalized spacial score (nSPS) is 9.44. The van der Waals surface area contributed by atoms with Crippen molar-refractivity contribution in [3.05, 3.63) is 54.6 Å². The molecule has 0 heterocycles. The molecule has 0 spiro atoms. The average Bonchev–Trinajstić information content (AvgIpc) is 2.38. The SMILES string of the molecule is N#CCNc1ccccc1-c1ccccc1. The van der Waals surface area contributed by atoms with Gasteiger partial charge in [0.15, 0.2) is 0 Å². The number of rotatable bonds is 3. The van der Waals surface area contributed by atoms with Crippen LogP contribution in [0.5, 0.6) is 0 Å². The average molecular weight is 208 g/mol. The van der Waals surface area contributed by atoms with Gasteiger partial charge in [0.1, 0.15) is 6.54 Å². The molecule has 0 radical (unpaired) electrons. The predicted octanol–water partition coefficient (Wildman–Crippen LogP) is 3.29. The molecule has 2 aromatic rings. The maximum atomic E-state index is 8.58. The standard InChI is InChI=1S/C14H12N2/c15-10-11-16-14-9-5-4-8-13(14)12-6-2-1-3-7-12/h1-9,16H,11H2. The van der Waals surface area contributed by atoms with E-state index >= 15 is 0 Å². The second-order valence-electron chi connectivity index (χ2n) is 3.42. The Hall–Kier alpha value is -2.27. The Kier molecular flexibility index (Phi) is 3.20. The highest BCUT2D eigenvalue weighted by atomic mass is 14.9. The highest BCUT2D eigenvalue weighted by Crippen LogP contribution is 2.27. The lowest BCUT2D eigenvalue weighted by atomic mass is 10.0. The van der Waals surface area contributed by atoms with Crippen molar-refractivity contribution in [2.75, 3.05) is 11.9 Å². The van der Waals surface area contributed by atoms with Crippen LogP contribution in [0.4, 0.5) is 5.69 Å². The first-order valence-corrected chi connectivity index (χ1v) is 5.17. The Bertz CT molecular complexity index is 498. The Morgan fingerprint density at radius 1 is 0.938 bits per heavy atom. The van der Waals surface area contributed by atoms with Crippen LogP contribution in [-0.2, 0) is 0 Å². The number of nitrogens with zero attached hydrogens (tertiary/aromatic N) is 1. The molecule has 0 amide bonds. The van der Waals surface area contributed by atoms with Gasteiger partial charge in [-0.25, -0.2) is 0 Å². The summed E-state index contributed by atoms with van der Waals surface area (Å²) in [7, 11) is 0. The molecule has 78 valence electrons. The van der Waals surface area contributed by atoms with Gasteiger partial charge in [0.05, 0.1) is 6.07 Å². The summed E-state index contributed by atoms with van der Waals surface area (Å²) in [5, 5.41) is 11.7. The molecule has 0 aliphatic heterocycles. The summed E-state index contributed by atoms with van der Waals surface area (Å²) in [6.45, 7) is 0.323.